The highest BCUT2D eigenvalue weighted by Crippen LogP contribution is 2.40. The van der Waals surface area contributed by atoms with E-state index in [2.05, 4.69) is 17.6 Å². The molecule has 2 rings (SSSR count). The van der Waals surface area contributed by atoms with Gasteiger partial charge in [-0.25, -0.2) is 0 Å². The topological polar surface area (TPSA) is 41.1 Å². The van der Waals surface area contributed by atoms with Gasteiger partial charge in [-0.05, 0) is 43.4 Å². The quantitative estimate of drug-likeness (QED) is 0.713. The summed E-state index contributed by atoms with van der Waals surface area (Å²) in [7, 11) is 0. The minimum absolute atomic E-state index is 0.168. The van der Waals surface area contributed by atoms with Crippen LogP contribution in [0.4, 0.5) is 0 Å². The predicted molar refractivity (Wildman–Crippen MR) is 69.8 cm³/mol. The normalized spacial score (nSPS) is 22.6. The molecule has 0 radical (unpaired) electrons. The van der Waals surface area contributed by atoms with E-state index in [0.717, 1.165) is 19.0 Å². The number of hydrogen-bond donors (Lipinski definition) is 2. The van der Waals surface area contributed by atoms with E-state index >= 15 is 0 Å². The SMILES string of the molecule is CCC1(CNCC(=O)NCC2CC2)CCCC1. The minimum atomic E-state index is 0.168. The maximum Gasteiger partial charge on any atom is 0.233 e. The maximum atomic E-state index is 11.6. The standard InChI is InChI=1S/C14H26N2O/c1-2-14(7-3-4-8-14)11-15-10-13(17)16-9-12-5-6-12/h12,15H,2-11H2,1H3,(H,16,17). The van der Waals surface area contributed by atoms with Gasteiger partial charge >= 0.3 is 0 Å². The lowest BCUT2D eigenvalue weighted by atomic mass is 9.83. The zero-order chi connectivity index (χ0) is 12.1. The number of carbonyl (C=O) groups is 1. The first kappa shape index (κ1) is 12.9. The van der Waals surface area contributed by atoms with Crippen molar-refractivity contribution in [2.75, 3.05) is 19.6 Å². The molecule has 2 fully saturated rings. The smallest absolute Gasteiger partial charge is 0.233 e. The van der Waals surface area contributed by atoms with Gasteiger partial charge in [-0.2, -0.15) is 0 Å². The van der Waals surface area contributed by atoms with Crippen molar-refractivity contribution in [2.45, 2.75) is 51.9 Å². The second kappa shape index (κ2) is 5.85. The zero-order valence-electron chi connectivity index (χ0n) is 11.1. The second-order valence-corrected chi connectivity index (χ2v) is 5.91. The first-order valence-corrected chi connectivity index (χ1v) is 7.21. The highest BCUT2D eigenvalue weighted by atomic mass is 16.1. The summed E-state index contributed by atoms with van der Waals surface area (Å²) in [4.78, 5) is 11.6. The van der Waals surface area contributed by atoms with Crippen LogP contribution in [0, 0.1) is 11.3 Å². The van der Waals surface area contributed by atoms with E-state index in [4.69, 9.17) is 0 Å². The van der Waals surface area contributed by atoms with Gasteiger partial charge in [0.05, 0.1) is 6.54 Å². The number of rotatable bonds is 7. The van der Waals surface area contributed by atoms with Crippen LogP contribution in [0.5, 0.6) is 0 Å². The third kappa shape index (κ3) is 3.98. The average molecular weight is 238 g/mol. The molecule has 3 heteroatoms. The molecule has 2 aliphatic rings. The molecule has 0 saturated heterocycles. The van der Waals surface area contributed by atoms with Gasteiger partial charge in [0.25, 0.3) is 0 Å². The molecular weight excluding hydrogens is 212 g/mol. The summed E-state index contributed by atoms with van der Waals surface area (Å²) < 4.78 is 0. The fraction of sp³-hybridized carbons (Fsp3) is 0.929. The molecular formula is C14H26N2O. The molecule has 98 valence electrons. The van der Waals surface area contributed by atoms with Crippen molar-refractivity contribution in [3.8, 4) is 0 Å². The number of amides is 1. The van der Waals surface area contributed by atoms with Crippen molar-refractivity contribution in [2.24, 2.45) is 11.3 Å². The number of nitrogens with one attached hydrogen (secondary N) is 2. The Morgan fingerprint density at radius 2 is 2.00 bits per heavy atom. The van der Waals surface area contributed by atoms with Crippen LogP contribution in [0.3, 0.4) is 0 Å². The molecule has 2 aliphatic carbocycles. The lowest BCUT2D eigenvalue weighted by Crippen LogP contribution is -2.39. The van der Waals surface area contributed by atoms with Crippen LogP contribution in [0.1, 0.15) is 51.9 Å². The van der Waals surface area contributed by atoms with Crippen LogP contribution in [0.15, 0.2) is 0 Å². The average Bonchev–Trinajstić information content (AvgIpc) is 3.05. The van der Waals surface area contributed by atoms with Crippen LogP contribution in [-0.4, -0.2) is 25.5 Å². The van der Waals surface area contributed by atoms with Crippen molar-refractivity contribution in [3.63, 3.8) is 0 Å². The molecule has 2 saturated carbocycles. The van der Waals surface area contributed by atoms with E-state index in [0.29, 0.717) is 12.0 Å². The Morgan fingerprint density at radius 3 is 2.59 bits per heavy atom. The fourth-order valence-electron chi connectivity index (χ4n) is 2.86. The monoisotopic (exact) mass is 238 g/mol. The van der Waals surface area contributed by atoms with Crippen LogP contribution in [0.25, 0.3) is 0 Å². The summed E-state index contributed by atoms with van der Waals surface area (Å²) >= 11 is 0. The predicted octanol–water partition coefficient (Wildman–Crippen LogP) is 2.07. The van der Waals surface area contributed by atoms with Gasteiger partial charge in [0.15, 0.2) is 0 Å². The van der Waals surface area contributed by atoms with Gasteiger partial charge in [0.2, 0.25) is 5.91 Å². The van der Waals surface area contributed by atoms with E-state index in [1.165, 1.54) is 44.9 Å². The van der Waals surface area contributed by atoms with Crippen LogP contribution < -0.4 is 10.6 Å². The Kier molecular flexibility index (Phi) is 4.43. The Labute approximate surface area is 105 Å². The summed E-state index contributed by atoms with van der Waals surface area (Å²) in [5, 5.41) is 6.35. The Bertz CT molecular complexity index is 255. The second-order valence-electron chi connectivity index (χ2n) is 5.91. The molecule has 3 nitrogen and oxygen atoms in total. The molecule has 0 aliphatic heterocycles. The third-order valence-corrected chi connectivity index (χ3v) is 4.48. The van der Waals surface area contributed by atoms with Gasteiger partial charge in [-0.15, -0.1) is 0 Å². The fourth-order valence-corrected chi connectivity index (χ4v) is 2.86. The zero-order valence-corrected chi connectivity index (χ0v) is 11.1. The highest BCUT2D eigenvalue weighted by molar-refractivity contribution is 5.77. The van der Waals surface area contributed by atoms with E-state index in [-0.39, 0.29) is 5.91 Å². The van der Waals surface area contributed by atoms with Crippen molar-refractivity contribution in [1.82, 2.24) is 10.6 Å². The van der Waals surface area contributed by atoms with Gasteiger partial charge in [0, 0.05) is 13.1 Å². The van der Waals surface area contributed by atoms with Gasteiger partial charge < -0.3 is 10.6 Å². The Morgan fingerprint density at radius 1 is 1.29 bits per heavy atom. The molecule has 0 atom stereocenters. The summed E-state index contributed by atoms with van der Waals surface area (Å²) in [6.07, 6.45) is 9.23. The summed E-state index contributed by atoms with van der Waals surface area (Å²) in [5.41, 5.74) is 0.483. The third-order valence-electron chi connectivity index (χ3n) is 4.48. The van der Waals surface area contributed by atoms with Crippen molar-refractivity contribution >= 4 is 5.91 Å². The molecule has 17 heavy (non-hydrogen) atoms. The molecule has 0 aromatic carbocycles. The molecule has 0 aromatic rings. The van der Waals surface area contributed by atoms with E-state index in [9.17, 15) is 4.79 Å². The molecule has 2 N–H and O–H groups in total. The van der Waals surface area contributed by atoms with E-state index < -0.39 is 0 Å². The summed E-state index contributed by atoms with van der Waals surface area (Å²) in [6, 6.07) is 0. The Hall–Kier alpha value is -0.570. The first-order chi connectivity index (χ1) is 8.24. The minimum Gasteiger partial charge on any atom is -0.355 e. The highest BCUT2D eigenvalue weighted by Gasteiger charge is 2.31. The van der Waals surface area contributed by atoms with Gasteiger partial charge in [0.1, 0.15) is 0 Å². The van der Waals surface area contributed by atoms with Crippen LogP contribution in [-0.2, 0) is 4.79 Å². The molecule has 0 aromatic heterocycles. The number of hydrogen-bond acceptors (Lipinski definition) is 2. The molecule has 0 heterocycles. The summed E-state index contributed by atoms with van der Waals surface area (Å²) in [5.74, 6) is 0.942. The molecule has 0 bridgehead atoms. The van der Waals surface area contributed by atoms with E-state index in [1.807, 2.05) is 0 Å². The number of carbonyl (C=O) groups excluding carboxylic acids is 1. The molecule has 0 unspecified atom stereocenters. The van der Waals surface area contributed by atoms with Crippen LogP contribution in [0.2, 0.25) is 0 Å². The van der Waals surface area contributed by atoms with Crippen molar-refractivity contribution in [3.05, 3.63) is 0 Å². The van der Waals surface area contributed by atoms with Crippen molar-refractivity contribution < 1.29 is 4.79 Å². The molecule has 0 spiro atoms. The summed E-state index contributed by atoms with van der Waals surface area (Å²) in [6.45, 7) is 4.68. The van der Waals surface area contributed by atoms with Gasteiger partial charge in [-0.1, -0.05) is 19.8 Å². The van der Waals surface area contributed by atoms with Crippen LogP contribution >= 0.6 is 0 Å². The lowest BCUT2D eigenvalue weighted by molar-refractivity contribution is -0.120. The van der Waals surface area contributed by atoms with Gasteiger partial charge in [-0.3, -0.25) is 4.79 Å². The lowest BCUT2D eigenvalue weighted by Gasteiger charge is -2.27. The van der Waals surface area contributed by atoms with Crippen molar-refractivity contribution in [1.29, 1.82) is 0 Å². The Balaban J connectivity index is 1.58. The first-order valence-electron chi connectivity index (χ1n) is 7.21. The van der Waals surface area contributed by atoms with E-state index in [1.54, 1.807) is 0 Å². The maximum absolute atomic E-state index is 11.6. The molecule has 1 amide bonds. The largest absolute Gasteiger partial charge is 0.355 e.